The molecule has 14 heteroatoms. The molecule has 2 amide bonds. The third-order valence-electron chi connectivity index (χ3n) is 13.3. The molecule has 3 N–H and O–H groups in total. The molecule has 0 unspecified atom stereocenters. The normalized spacial score (nSPS) is 22.3. The Morgan fingerprint density at radius 3 is 2.33 bits per heavy atom. The number of nitrogens with zero attached hydrogens (tertiary/aromatic N) is 2. The highest BCUT2D eigenvalue weighted by Gasteiger charge is 2.65. The van der Waals surface area contributed by atoms with E-state index in [9.17, 15) is 19.8 Å². The zero-order chi connectivity index (χ0) is 48.0. The van der Waals surface area contributed by atoms with Gasteiger partial charge in [-0.3, -0.25) is 4.90 Å². The maximum Gasteiger partial charge on any atom is 0.412 e. The van der Waals surface area contributed by atoms with Crippen LogP contribution in [0.1, 0.15) is 79.5 Å². The van der Waals surface area contributed by atoms with Crippen LogP contribution in [0.2, 0.25) is 0 Å². The lowest BCUT2D eigenvalue weighted by atomic mass is 9.55. The van der Waals surface area contributed by atoms with Crippen molar-refractivity contribution in [1.29, 1.82) is 0 Å². The topological polar surface area (TPSA) is 167 Å². The number of hydrogen-bond acceptors (Lipinski definition) is 12. The lowest BCUT2D eigenvalue weighted by Crippen LogP contribution is -2.70. The number of hydrogen-bond donors (Lipinski definition) is 3. The van der Waals surface area contributed by atoms with Gasteiger partial charge in [0, 0.05) is 44.2 Å². The van der Waals surface area contributed by atoms with Crippen molar-refractivity contribution in [2.24, 2.45) is 22.9 Å². The van der Waals surface area contributed by atoms with Crippen molar-refractivity contribution in [2.75, 3.05) is 33.2 Å². The molecule has 4 aromatic rings. The number of oxime groups is 1. The number of allylic oxidation sites excluding steroid dienone is 1. The Morgan fingerprint density at radius 1 is 0.841 bits per heavy atom. The number of benzene rings is 4. The number of rotatable bonds is 23. The van der Waals surface area contributed by atoms with Gasteiger partial charge in [-0.15, -0.1) is 13.2 Å². The first-order chi connectivity index (χ1) is 33.8. The highest BCUT2D eigenvalue weighted by Crippen LogP contribution is 2.62. The summed E-state index contributed by atoms with van der Waals surface area (Å²) in [5, 5.41) is 27.9. The summed E-state index contributed by atoms with van der Waals surface area (Å²) in [6.45, 7) is 8.82. The van der Waals surface area contributed by atoms with Crippen LogP contribution in [-0.2, 0) is 34.0 Å². The highest BCUT2D eigenvalue weighted by molar-refractivity contribution is 6.03. The molecule has 4 aliphatic rings. The molecule has 364 valence electrons. The molecule has 0 radical (unpaired) electrons. The highest BCUT2D eigenvalue weighted by atomic mass is 16.7. The van der Waals surface area contributed by atoms with Gasteiger partial charge in [0.2, 0.25) is 12.6 Å². The second-order valence-corrected chi connectivity index (χ2v) is 17.8. The fraction of sp³-hybridized carbons (Fsp3) is 0.400. The van der Waals surface area contributed by atoms with E-state index in [2.05, 4.69) is 24.6 Å². The van der Waals surface area contributed by atoms with E-state index in [1.54, 1.807) is 23.1 Å². The predicted octanol–water partition coefficient (Wildman–Crippen LogP) is 9.75. The number of amides is 2. The summed E-state index contributed by atoms with van der Waals surface area (Å²) in [5.74, 6) is -0.610. The first kappa shape index (κ1) is 48.8. The minimum Gasteiger partial charge on any atom is -0.459 e. The molecule has 2 heterocycles. The van der Waals surface area contributed by atoms with Crippen molar-refractivity contribution < 1.29 is 53.1 Å². The van der Waals surface area contributed by atoms with Gasteiger partial charge in [0.1, 0.15) is 24.1 Å². The largest absolute Gasteiger partial charge is 0.459 e. The van der Waals surface area contributed by atoms with Crippen molar-refractivity contribution in [3.8, 4) is 23.0 Å². The number of aliphatic hydroxyl groups is 2. The molecule has 8 rings (SSSR count). The van der Waals surface area contributed by atoms with Crippen LogP contribution in [0.4, 0.5) is 9.59 Å². The van der Waals surface area contributed by atoms with Crippen LogP contribution in [0, 0.1) is 17.8 Å². The van der Waals surface area contributed by atoms with Crippen LogP contribution in [0.3, 0.4) is 0 Å². The Morgan fingerprint density at radius 2 is 1.58 bits per heavy atom. The molecule has 14 nitrogen and oxygen atoms in total. The van der Waals surface area contributed by atoms with Gasteiger partial charge in [-0.05, 0) is 96.5 Å². The van der Waals surface area contributed by atoms with Crippen molar-refractivity contribution in [3.05, 3.63) is 156 Å². The quantitative estimate of drug-likeness (QED) is 0.0368. The van der Waals surface area contributed by atoms with Crippen molar-refractivity contribution >= 4 is 17.9 Å². The third kappa shape index (κ3) is 11.5. The summed E-state index contributed by atoms with van der Waals surface area (Å²) in [7, 11) is 0. The second-order valence-electron chi connectivity index (χ2n) is 17.8. The molecule has 1 fully saturated rings. The fourth-order valence-electron chi connectivity index (χ4n) is 10.2. The van der Waals surface area contributed by atoms with Gasteiger partial charge in [0.25, 0.3) is 0 Å². The molecule has 0 spiro atoms. The van der Waals surface area contributed by atoms with Gasteiger partial charge in [-0.2, -0.15) is 0 Å². The van der Waals surface area contributed by atoms with Gasteiger partial charge in [0.05, 0.1) is 24.8 Å². The molecular formula is C55H63N3O11. The number of ether oxygens (including phenoxy) is 6. The predicted molar refractivity (Wildman–Crippen MR) is 260 cm³/mol. The van der Waals surface area contributed by atoms with Gasteiger partial charge >= 0.3 is 12.2 Å². The number of unbranched alkanes of at least 4 members (excludes halogenated alkanes) is 2. The second kappa shape index (κ2) is 23.6. The molecule has 6 atom stereocenters. The van der Waals surface area contributed by atoms with Crippen molar-refractivity contribution in [3.63, 3.8) is 0 Å². The third-order valence-corrected chi connectivity index (χ3v) is 13.3. The first-order valence-electron chi connectivity index (χ1n) is 24.0. The van der Waals surface area contributed by atoms with E-state index in [4.69, 9.17) is 38.4 Å². The summed E-state index contributed by atoms with van der Waals surface area (Å²) in [4.78, 5) is 36.2. The molecule has 2 aliphatic carbocycles. The summed E-state index contributed by atoms with van der Waals surface area (Å²) >= 11 is 0. The van der Waals surface area contributed by atoms with Gasteiger partial charge in [-0.1, -0.05) is 103 Å². The summed E-state index contributed by atoms with van der Waals surface area (Å²) in [6.07, 6.45) is 9.26. The van der Waals surface area contributed by atoms with Gasteiger partial charge < -0.3 is 48.8 Å². The fourth-order valence-corrected chi connectivity index (χ4v) is 10.2. The average Bonchev–Trinajstić information content (AvgIpc) is 3.85. The summed E-state index contributed by atoms with van der Waals surface area (Å²) in [5.41, 5.74) is 4.91. The monoisotopic (exact) mass is 941 g/mol. The van der Waals surface area contributed by atoms with Crippen LogP contribution in [0.15, 0.2) is 139 Å². The number of nitrogens with one attached hydrogen (secondary N) is 1. The van der Waals surface area contributed by atoms with Crippen LogP contribution in [-0.4, -0.2) is 78.1 Å². The average molecular weight is 942 g/mol. The number of carbonyl (C=O) groups is 2. The van der Waals surface area contributed by atoms with E-state index in [1.165, 1.54) is 0 Å². The zero-order valence-electron chi connectivity index (χ0n) is 39.0. The van der Waals surface area contributed by atoms with Gasteiger partial charge in [0.15, 0.2) is 11.5 Å². The molecule has 69 heavy (non-hydrogen) atoms. The smallest absolute Gasteiger partial charge is 0.412 e. The van der Waals surface area contributed by atoms with Crippen LogP contribution >= 0.6 is 0 Å². The summed E-state index contributed by atoms with van der Waals surface area (Å²) < 4.78 is 38.0. The lowest BCUT2D eigenvalue weighted by Gasteiger charge is -2.59. The molecule has 0 saturated heterocycles. The molecule has 1 saturated carbocycles. The van der Waals surface area contributed by atoms with Crippen molar-refractivity contribution in [2.45, 2.75) is 88.8 Å². The van der Waals surface area contributed by atoms with Crippen LogP contribution in [0.25, 0.3) is 0 Å². The number of fused-ring (bicyclic) bond motifs is 3. The minimum atomic E-state index is -1.56. The summed E-state index contributed by atoms with van der Waals surface area (Å²) in [6, 6.07) is 29.5. The first-order valence-corrected chi connectivity index (χ1v) is 24.0. The Hall–Kier alpha value is -6.61. The standard InChI is InChI=1S/C55H63N3O11/c1-3-5-29-63-54(62)58(35-40-22-24-48-49(30-40)65-37-64-48)50-33-46(57-67-36-39-18-10-7-11-19-39)44-31-41(20-12-14-26-59)43(21-13-15-27-60)51-45-32-42(68-53(61)56-34-38-16-8-6-9-17-38)23-25-47(45)69-55(50,52(44)51)66-28-4-2/h3-4,6-11,16-19,22-25,30-32,41,43,50-52,59-60H,1-2,5,12-15,20-21,26-29,33-37H2,(H,56,61)/t41-,43+,50-,51+,52+,55+/m0/s1. The number of aliphatic hydroxyl groups excluding tert-OH is 2. The number of carbonyl (C=O) groups excluding carboxylic acids is 2. The Bertz CT molecular complexity index is 2450. The Labute approximate surface area is 404 Å². The Balaban J connectivity index is 1.29. The SMILES string of the molecule is C=CCCOC(=O)N(Cc1ccc2c(c1)OCO2)[C@H]1CC(=NOCc2ccccc2)C2=C[C@H](CCCCO)[C@@H](CCCCO)[C@@H]3c4cc(OC(=O)NCc5ccccc5)ccc4O[C@@]1(OCC=C)[C@H]23. The van der Waals surface area contributed by atoms with E-state index < -0.39 is 29.9 Å². The van der Waals surface area contributed by atoms with Crippen LogP contribution in [0.5, 0.6) is 23.0 Å². The lowest BCUT2D eigenvalue weighted by molar-refractivity contribution is -0.256. The molecule has 0 bridgehead atoms. The van der Waals surface area contributed by atoms with E-state index in [1.807, 2.05) is 91.0 Å². The van der Waals surface area contributed by atoms with Crippen molar-refractivity contribution in [1.82, 2.24) is 10.2 Å². The zero-order valence-corrected chi connectivity index (χ0v) is 39.0. The molecule has 2 aliphatic heterocycles. The van der Waals surface area contributed by atoms with E-state index in [0.717, 1.165) is 53.5 Å². The van der Waals surface area contributed by atoms with E-state index >= 15 is 0 Å². The maximum absolute atomic E-state index is 14.9. The van der Waals surface area contributed by atoms with Crippen LogP contribution < -0.4 is 24.3 Å². The minimum absolute atomic E-state index is 0.0160. The molecular weight excluding hydrogens is 879 g/mol. The Kier molecular flexibility index (Phi) is 16.7. The van der Waals surface area contributed by atoms with E-state index in [-0.39, 0.29) is 77.1 Å². The molecule has 0 aromatic heterocycles. The van der Waals surface area contributed by atoms with E-state index in [0.29, 0.717) is 48.0 Å². The molecule has 4 aromatic carbocycles. The van der Waals surface area contributed by atoms with Gasteiger partial charge in [-0.25, -0.2) is 9.59 Å². The maximum atomic E-state index is 14.9.